The Balaban J connectivity index is 2.00. The van der Waals surface area contributed by atoms with Crippen LogP contribution in [0.2, 0.25) is 0 Å². The molecular weight excluding hydrogens is 264 g/mol. The van der Waals surface area contributed by atoms with Gasteiger partial charge in [-0.2, -0.15) is 0 Å². The van der Waals surface area contributed by atoms with Crippen molar-refractivity contribution in [1.29, 1.82) is 0 Å². The molecule has 21 heavy (non-hydrogen) atoms. The number of amides is 2. The molecule has 2 aromatic carbocycles. The van der Waals surface area contributed by atoms with Crippen LogP contribution in [0.4, 0.5) is 10.5 Å². The zero-order chi connectivity index (χ0) is 15.1. The highest BCUT2D eigenvalue weighted by atomic mass is 16.5. The van der Waals surface area contributed by atoms with Crippen LogP contribution in [0.5, 0.6) is 5.75 Å². The SMILES string of the molecule is CC[C@H](NC(=O)Nc1cccc(OC)c1)c1ccccc1. The van der Waals surface area contributed by atoms with E-state index in [0.717, 1.165) is 12.0 Å². The summed E-state index contributed by atoms with van der Waals surface area (Å²) in [7, 11) is 1.60. The maximum absolute atomic E-state index is 12.1. The van der Waals surface area contributed by atoms with E-state index in [9.17, 15) is 4.79 Å². The van der Waals surface area contributed by atoms with Crippen molar-refractivity contribution in [3.8, 4) is 5.75 Å². The first-order valence-corrected chi connectivity index (χ1v) is 6.99. The van der Waals surface area contributed by atoms with Crippen LogP contribution in [-0.2, 0) is 0 Å². The van der Waals surface area contributed by atoms with Gasteiger partial charge in [0.1, 0.15) is 5.75 Å². The number of carbonyl (C=O) groups is 1. The molecule has 0 saturated heterocycles. The van der Waals surface area contributed by atoms with Gasteiger partial charge in [-0.1, -0.05) is 43.3 Å². The van der Waals surface area contributed by atoms with E-state index < -0.39 is 0 Å². The molecule has 0 heterocycles. The first-order valence-electron chi connectivity index (χ1n) is 6.99. The Bertz CT molecular complexity index is 584. The lowest BCUT2D eigenvalue weighted by atomic mass is 10.1. The summed E-state index contributed by atoms with van der Waals surface area (Å²) in [5, 5.41) is 5.80. The molecule has 0 aliphatic rings. The number of carbonyl (C=O) groups excluding carboxylic acids is 1. The minimum Gasteiger partial charge on any atom is -0.497 e. The highest BCUT2D eigenvalue weighted by Gasteiger charge is 2.12. The van der Waals surface area contributed by atoms with E-state index in [-0.39, 0.29) is 12.1 Å². The average molecular weight is 284 g/mol. The zero-order valence-electron chi connectivity index (χ0n) is 12.3. The van der Waals surface area contributed by atoms with Gasteiger partial charge in [0.15, 0.2) is 0 Å². The van der Waals surface area contributed by atoms with Gasteiger partial charge < -0.3 is 15.4 Å². The third kappa shape index (κ3) is 4.24. The molecule has 2 N–H and O–H groups in total. The van der Waals surface area contributed by atoms with Gasteiger partial charge in [0, 0.05) is 11.8 Å². The van der Waals surface area contributed by atoms with Crippen molar-refractivity contribution in [2.75, 3.05) is 12.4 Å². The Morgan fingerprint density at radius 3 is 2.57 bits per heavy atom. The van der Waals surface area contributed by atoms with Crippen molar-refractivity contribution >= 4 is 11.7 Å². The smallest absolute Gasteiger partial charge is 0.319 e. The predicted octanol–water partition coefficient (Wildman–Crippen LogP) is 3.97. The van der Waals surface area contributed by atoms with Crippen molar-refractivity contribution in [2.24, 2.45) is 0 Å². The summed E-state index contributed by atoms with van der Waals surface area (Å²) in [4.78, 5) is 12.1. The Kier molecular flexibility index (Phi) is 5.21. The van der Waals surface area contributed by atoms with Gasteiger partial charge in [-0.05, 0) is 24.1 Å². The molecule has 110 valence electrons. The van der Waals surface area contributed by atoms with E-state index in [0.29, 0.717) is 11.4 Å². The van der Waals surface area contributed by atoms with E-state index in [4.69, 9.17) is 4.74 Å². The molecule has 4 heteroatoms. The average Bonchev–Trinajstić information content (AvgIpc) is 2.53. The maximum Gasteiger partial charge on any atom is 0.319 e. The van der Waals surface area contributed by atoms with Gasteiger partial charge >= 0.3 is 6.03 Å². The van der Waals surface area contributed by atoms with Crippen LogP contribution in [0.15, 0.2) is 54.6 Å². The lowest BCUT2D eigenvalue weighted by Crippen LogP contribution is -2.32. The van der Waals surface area contributed by atoms with E-state index in [2.05, 4.69) is 10.6 Å². The second kappa shape index (κ2) is 7.33. The molecule has 2 rings (SSSR count). The molecule has 0 bridgehead atoms. The van der Waals surface area contributed by atoms with Crippen molar-refractivity contribution in [3.63, 3.8) is 0 Å². The molecule has 0 saturated carbocycles. The number of ether oxygens (including phenoxy) is 1. The summed E-state index contributed by atoms with van der Waals surface area (Å²) in [5.41, 5.74) is 1.80. The summed E-state index contributed by atoms with van der Waals surface area (Å²) in [5.74, 6) is 0.711. The van der Waals surface area contributed by atoms with Crippen molar-refractivity contribution in [2.45, 2.75) is 19.4 Å². The fraction of sp³-hybridized carbons (Fsp3) is 0.235. The Morgan fingerprint density at radius 1 is 1.14 bits per heavy atom. The number of hydrogen-bond donors (Lipinski definition) is 2. The Labute approximate surface area is 125 Å². The van der Waals surface area contributed by atoms with Crippen LogP contribution in [0.3, 0.4) is 0 Å². The molecule has 0 unspecified atom stereocenters. The van der Waals surface area contributed by atoms with E-state index in [1.807, 2.05) is 55.5 Å². The third-order valence-electron chi connectivity index (χ3n) is 3.24. The maximum atomic E-state index is 12.1. The molecule has 0 radical (unpaired) electrons. The molecule has 0 aliphatic carbocycles. The van der Waals surface area contributed by atoms with Crippen LogP contribution < -0.4 is 15.4 Å². The van der Waals surface area contributed by atoms with Gasteiger partial charge in [-0.3, -0.25) is 0 Å². The minimum atomic E-state index is -0.223. The summed E-state index contributed by atoms with van der Waals surface area (Å²) in [6, 6.07) is 17.0. The topological polar surface area (TPSA) is 50.4 Å². The van der Waals surface area contributed by atoms with Gasteiger partial charge in [-0.15, -0.1) is 0 Å². The molecule has 0 fully saturated rings. The Hall–Kier alpha value is -2.49. The van der Waals surface area contributed by atoms with Crippen molar-refractivity contribution in [1.82, 2.24) is 5.32 Å². The molecule has 2 aromatic rings. The normalized spacial score (nSPS) is 11.5. The number of benzene rings is 2. The summed E-state index contributed by atoms with van der Waals surface area (Å²) < 4.78 is 5.14. The van der Waals surface area contributed by atoms with Crippen LogP contribution in [0, 0.1) is 0 Å². The quantitative estimate of drug-likeness (QED) is 0.873. The molecule has 0 spiro atoms. The zero-order valence-corrected chi connectivity index (χ0v) is 12.3. The van der Waals surface area contributed by atoms with Crippen molar-refractivity contribution < 1.29 is 9.53 Å². The van der Waals surface area contributed by atoms with Crippen molar-refractivity contribution in [3.05, 3.63) is 60.2 Å². The monoisotopic (exact) mass is 284 g/mol. The number of urea groups is 1. The van der Waals surface area contributed by atoms with Crippen LogP contribution >= 0.6 is 0 Å². The highest BCUT2D eigenvalue weighted by Crippen LogP contribution is 2.18. The Morgan fingerprint density at radius 2 is 1.90 bits per heavy atom. The van der Waals surface area contributed by atoms with E-state index in [1.54, 1.807) is 13.2 Å². The third-order valence-corrected chi connectivity index (χ3v) is 3.24. The fourth-order valence-corrected chi connectivity index (χ4v) is 2.13. The molecular formula is C17H20N2O2. The second-order valence-electron chi connectivity index (χ2n) is 4.70. The van der Waals surface area contributed by atoms with Gasteiger partial charge in [0.05, 0.1) is 13.2 Å². The number of hydrogen-bond acceptors (Lipinski definition) is 2. The molecule has 4 nitrogen and oxygen atoms in total. The number of rotatable bonds is 5. The first-order chi connectivity index (χ1) is 10.2. The van der Waals surface area contributed by atoms with Gasteiger partial charge in [0.25, 0.3) is 0 Å². The van der Waals surface area contributed by atoms with E-state index in [1.165, 1.54) is 0 Å². The molecule has 0 aromatic heterocycles. The van der Waals surface area contributed by atoms with E-state index >= 15 is 0 Å². The molecule has 1 atom stereocenters. The van der Waals surface area contributed by atoms with Gasteiger partial charge in [-0.25, -0.2) is 4.79 Å². The summed E-state index contributed by atoms with van der Waals surface area (Å²) >= 11 is 0. The summed E-state index contributed by atoms with van der Waals surface area (Å²) in [6.45, 7) is 2.05. The fourth-order valence-electron chi connectivity index (χ4n) is 2.13. The lowest BCUT2D eigenvalue weighted by molar-refractivity contribution is 0.248. The first kappa shape index (κ1) is 14.9. The van der Waals surface area contributed by atoms with Crippen LogP contribution in [0.1, 0.15) is 24.9 Å². The summed E-state index contributed by atoms with van der Waals surface area (Å²) in [6.07, 6.45) is 0.829. The molecule has 0 aliphatic heterocycles. The number of anilines is 1. The predicted molar refractivity (Wildman–Crippen MR) is 84.6 cm³/mol. The van der Waals surface area contributed by atoms with Gasteiger partial charge in [0.2, 0.25) is 0 Å². The standard InChI is InChI=1S/C17H20N2O2/c1-3-16(13-8-5-4-6-9-13)19-17(20)18-14-10-7-11-15(12-14)21-2/h4-12,16H,3H2,1-2H3,(H2,18,19,20)/t16-/m0/s1. The number of nitrogens with one attached hydrogen (secondary N) is 2. The largest absolute Gasteiger partial charge is 0.497 e. The number of methoxy groups -OCH3 is 1. The lowest BCUT2D eigenvalue weighted by Gasteiger charge is -2.18. The minimum absolute atomic E-state index is 0.00296. The van der Waals surface area contributed by atoms with Crippen LogP contribution in [0.25, 0.3) is 0 Å². The highest BCUT2D eigenvalue weighted by molar-refractivity contribution is 5.89. The van der Waals surface area contributed by atoms with Crippen LogP contribution in [-0.4, -0.2) is 13.1 Å². The second-order valence-corrected chi connectivity index (χ2v) is 4.70. The molecule has 2 amide bonds.